The largest absolute Gasteiger partial charge is 0.301 e. The normalized spacial score (nSPS) is 11.1. The molecule has 0 N–H and O–H groups in total. The highest BCUT2D eigenvalue weighted by molar-refractivity contribution is 7.10. The Morgan fingerprint density at radius 2 is 2.31 bits per heavy atom. The van der Waals surface area contributed by atoms with E-state index in [9.17, 15) is 0 Å². The molecule has 13 heavy (non-hydrogen) atoms. The Kier molecular flexibility index (Phi) is 4.78. The first-order chi connectivity index (χ1) is 6.24. The summed E-state index contributed by atoms with van der Waals surface area (Å²) in [7, 11) is 2.14. The first kappa shape index (κ1) is 11.0. The lowest BCUT2D eigenvalue weighted by Crippen LogP contribution is -2.19. The number of nitrogens with zero attached hydrogens (tertiary/aromatic N) is 1. The van der Waals surface area contributed by atoms with Crippen LogP contribution in [0.1, 0.15) is 16.9 Å². The van der Waals surface area contributed by atoms with Crippen LogP contribution in [0.4, 0.5) is 0 Å². The van der Waals surface area contributed by atoms with E-state index >= 15 is 0 Å². The zero-order valence-corrected chi connectivity index (χ0v) is 9.79. The van der Waals surface area contributed by atoms with Crippen LogP contribution in [0.15, 0.2) is 11.4 Å². The molecule has 1 rings (SSSR count). The van der Waals surface area contributed by atoms with E-state index in [1.807, 2.05) is 11.3 Å². The van der Waals surface area contributed by atoms with Crippen LogP contribution < -0.4 is 0 Å². The van der Waals surface area contributed by atoms with E-state index < -0.39 is 0 Å². The molecule has 0 aliphatic rings. The molecule has 74 valence electrons. The van der Waals surface area contributed by atoms with Gasteiger partial charge in [-0.3, -0.25) is 0 Å². The molecule has 0 bridgehead atoms. The predicted octanol–water partition coefficient (Wildman–Crippen LogP) is 3.12. The lowest BCUT2D eigenvalue weighted by atomic mass is 10.3. The standard InChI is InChI=1S/C10H16ClNS/c1-9-4-7-13-10(9)8-12(2)6-3-5-11/h4,7H,3,5-6,8H2,1-2H3. The van der Waals surface area contributed by atoms with Crippen molar-refractivity contribution in [3.8, 4) is 0 Å². The molecule has 1 aromatic rings. The summed E-state index contributed by atoms with van der Waals surface area (Å²) in [6, 6.07) is 2.18. The molecule has 0 aromatic carbocycles. The van der Waals surface area contributed by atoms with Crippen molar-refractivity contribution in [3.05, 3.63) is 21.9 Å². The minimum Gasteiger partial charge on any atom is -0.301 e. The smallest absolute Gasteiger partial charge is 0.0327 e. The Balaban J connectivity index is 2.36. The van der Waals surface area contributed by atoms with Crippen LogP contribution in [0.25, 0.3) is 0 Å². The van der Waals surface area contributed by atoms with Gasteiger partial charge in [-0.2, -0.15) is 0 Å². The lowest BCUT2D eigenvalue weighted by Gasteiger charge is -2.15. The molecule has 0 spiro atoms. The number of hydrogen-bond acceptors (Lipinski definition) is 2. The van der Waals surface area contributed by atoms with Crippen LogP contribution in [0.3, 0.4) is 0 Å². The van der Waals surface area contributed by atoms with Crippen molar-refractivity contribution >= 4 is 22.9 Å². The average Bonchev–Trinajstić information content (AvgIpc) is 2.48. The number of hydrogen-bond donors (Lipinski definition) is 0. The van der Waals surface area contributed by atoms with Gasteiger partial charge >= 0.3 is 0 Å². The van der Waals surface area contributed by atoms with Crippen LogP contribution in [0.5, 0.6) is 0 Å². The summed E-state index contributed by atoms with van der Waals surface area (Å²) >= 11 is 7.47. The monoisotopic (exact) mass is 217 g/mol. The van der Waals surface area contributed by atoms with Crippen molar-refractivity contribution in [1.29, 1.82) is 0 Å². The molecule has 3 heteroatoms. The maximum atomic E-state index is 5.63. The van der Waals surface area contributed by atoms with Gasteiger partial charge in [0.15, 0.2) is 0 Å². The van der Waals surface area contributed by atoms with Gasteiger partial charge in [0.25, 0.3) is 0 Å². The van der Waals surface area contributed by atoms with Crippen molar-refractivity contribution in [2.45, 2.75) is 19.9 Å². The number of aryl methyl sites for hydroxylation is 1. The highest BCUT2D eigenvalue weighted by atomic mass is 35.5. The molecule has 0 atom stereocenters. The summed E-state index contributed by atoms with van der Waals surface area (Å²) < 4.78 is 0. The van der Waals surface area contributed by atoms with E-state index in [-0.39, 0.29) is 0 Å². The van der Waals surface area contributed by atoms with Crippen molar-refractivity contribution < 1.29 is 0 Å². The van der Waals surface area contributed by atoms with Crippen molar-refractivity contribution in [2.24, 2.45) is 0 Å². The second-order valence-corrected chi connectivity index (χ2v) is 4.69. The van der Waals surface area contributed by atoms with Gasteiger partial charge in [0.05, 0.1) is 0 Å². The molecule has 0 radical (unpaired) electrons. The number of rotatable bonds is 5. The molecular weight excluding hydrogens is 202 g/mol. The molecule has 0 amide bonds. The van der Waals surface area contributed by atoms with Crippen molar-refractivity contribution in [3.63, 3.8) is 0 Å². The summed E-state index contributed by atoms with van der Waals surface area (Å²) in [4.78, 5) is 3.79. The van der Waals surface area contributed by atoms with Crippen molar-refractivity contribution in [2.75, 3.05) is 19.5 Å². The SMILES string of the molecule is Cc1ccsc1CN(C)CCCCl. The van der Waals surface area contributed by atoms with Crippen LogP contribution >= 0.6 is 22.9 Å². The van der Waals surface area contributed by atoms with E-state index in [2.05, 4.69) is 30.3 Å². The maximum absolute atomic E-state index is 5.63. The molecule has 0 aliphatic heterocycles. The van der Waals surface area contributed by atoms with Gasteiger partial charge in [0.2, 0.25) is 0 Å². The van der Waals surface area contributed by atoms with E-state index in [1.165, 1.54) is 10.4 Å². The van der Waals surface area contributed by atoms with Crippen LogP contribution in [-0.4, -0.2) is 24.4 Å². The summed E-state index contributed by atoms with van der Waals surface area (Å²) in [5.74, 6) is 0.758. The first-order valence-corrected chi connectivity index (χ1v) is 5.93. The highest BCUT2D eigenvalue weighted by Crippen LogP contribution is 2.17. The fraction of sp³-hybridized carbons (Fsp3) is 0.600. The summed E-state index contributed by atoms with van der Waals surface area (Å²) in [5, 5.41) is 2.15. The minimum atomic E-state index is 0.758. The minimum absolute atomic E-state index is 0.758. The molecule has 0 fully saturated rings. The molecule has 1 aromatic heterocycles. The van der Waals surface area contributed by atoms with Crippen molar-refractivity contribution in [1.82, 2.24) is 4.90 Å². The molecule has 0 unspecified atom stereocenters. The Bertz CT molecular complexity index is 247. The third-order valence-electron chi connectivity index (χ3n) is 2.06. The number of thiophene rings is 1. The third-order valence-corrected chi connectivity index (χ3v) is 3.33. The lowest BCUT2D eigenvalue weighted by molar-refractivity contribution is 0.330. The topological polar surface area (TPSA) is 3.24 Å². The fourth-order valence-corrected chi connectivity index (χ4v) is 2.32. The van der Waals surface area contributed by atoms with Gasteiger partial charge in [-0.1, -0.05) is 0 Å². The summed E-state index contributed by atoms with van der Waals surface area (Å²) in [5.41, 5.74) is 1.41. The zero-order valence-electron chi connectivity index (χ0n) is 8.22. The van der Waals surface area contributed by atoms with Gasteiger partial charge in [0, 0.05) is 17.3 Å². The zero-order chi connectivity index (χ0) is 9.68. The summed E-state index contributed by atoms with van der Waals surface area (Å²) in [6.45, 7) is 4.31. The molecule has 0 saturated heterocycles. The second kappa shape index (κ2) is 5.63. The van der Waals surface area contributed by atoms with Crippen LogP contribution in [0, 0.1) is 6.92 Å². The first-order valence-electron chi connectivity index (χ1n) is 4.51. The van der Waals surface area contributed by atoms with E-state index in [0.717, 1.165) is 25.4 Å². The Hall–Kier alpha value is -0.0500. The maximum Gasteiger partial charge on any atom is 0.0327 e. The van der Waals surface area contributed by atoms with E-state index in [1.54, 1.807) is 0 Å². The number of halogens is 1. The number of alkyl halides is 1. The molecular formula is C10H16ClNS. The Morgan fingerprint density at radius 3 is 2.85 bits per heavy atom. The molecule has 1 heterocycles. The van der Waals surface area contributed by atoms with E-state index in [4.69, 9.17) is 11.6 Å². The van der Waals surface area contributed by atoms with Gasteiger partial charge in [0.1, 0.15) is 0 Å². The van der Waals surface area contributed by atoms with Gasteiger partial charge in [-0.05, 0) is 43.9 Å². The Morgan fingerprint density at radius 1 is 1.54 bits per heavy atom. The summed E-state index contributed by atoms with van der Waals surface area (Å²) in [6.07, 6.45) is 1.07. The molecule has 0 aliphatic carbocycles. The Labute approximate surface area is 89.3 Å². The van der Waals surface area contributed by atoms with Crippen LogP contribution in [0.2, 0.25) is 0 Å². The fourth-order valence-electron chi connectivity index (χ4n) is 1.22. The quantitative estimate of drug-likeness (QED) is 0.686. The molecule has 1 nitrogen and oxygen atoms in total. The van der Waals surface area contributed by atoms with Gasteiger partial charge in [-0.25, -0.2) is 0 Å². The average molecular weight is 218 g/mol. The van der Waals surface area contributed by atoms with Gasteiger partial charge < -0.3 is 4.90 Å². The molecule has 0 saturated carbocycles. The van der Waals surface area contributed by atoms with Crippen LogP contribution in [-0.2, 0) is 6.54 Å². The van der Waals surface area contributed by atoms with E-state index in [0.29, 0.717) is 0 Å². The second-order valence-electron chi connectivity index (χ2n) is 3.31. The highest BCUT2D eigenvalue weighted by Gasteiger charge is 2.03. The third kappa shape index (κ3) is 3.67. The van der Waals surface area contributed by atoms with Gasteiger partial charge in [-0.15, -0.1) is 22.9 Å². The predicted molar refractivity (Wildman–Crippen MR) is 60.7 cm³/mol.